The van der Waals surface area contributed by atoms with Gasteiger partial charge >= 0.3 is 0 Å². The van der Waals surface area contributed by atoms with E-state index in [1.807, 2.05) is 24.3 Å². The van der Waals surface area contributed by atoms with E-state index in [1.54, 1.807) is 17.9 Å². The van der Waals surface area contributed by atoms with Crippen molar-refractivity contribution in [1.82, 2.24) is 20.5 Å². The Morgan fingerprint density at radius 3 is 2.74 bits per heavy atom. The van der Waals surface area contributed by atoms with Gasteiger partial charge in [0.05, 0.1) is 6.04 Å². The Labute approximate surface area is 180 Å². The number of benzene rings is 1. The Balaban J connectivity index is 1.47. The number of likely N-dealkylation sites (tertiary alicyclic amines) is 1. The number of aromatic amines is 1. The van der Waals surface area contributed by atoms with Crippen molar-refractivity contribution >= 4 is 34.4 Å². The average Bonchev–Trinajstić information content (AvgIpc) is 3.51. The Bertz CT molecular complexity index is 981. The van der Waals surface area contributed by atoms with Crippen molar-refractivity contribution in [2.45, 2.75) is 51.1 Å². The Morgan fingerprint density at radius 2 is 2.03 bits per heavy atom. The fraction of sp³-hybridized carbons (Fsp3) is 0.478. The van der Waals surface area contributed by atoms with Crippen LogP contribution in [0.4, 0.5) is 0 Å². The van der Waals surface area contributed by atoms with Crippen molar-refractivity contribution in [2.75, 3.05) is 13.1 Å². The molecule has 4 rings (SSSR count). The van der Waals surface area contributed by atoms with E-state index in [-0.39, 0.29) is 35.8 Å². The van der Waals surface area contributed by atoms with E-state index in [1.165, 1.54) is 0 Å². The molecular formula is C23H28N4O4. The van der Waals surface area contributed by atoms with Gasteiger partial charge in [0.1, 0.15) is 11.7 Å². The zero-order chi connectivity index (χ0) is 22.0. The van der Waals surface area contributed by atoms with Gasteiger partial charge in [-0.1, -0.05) is 25.1 Å². The zero-order valence-electron chi connectivity index (χ0n) is 17.6. The van der Waals surface area contributed by atoms with Crippen molar-refractivity contribution in [1.29, 1.82) is 0 Å². The monoisotopic (exact) mass is 424 g/mol. The maximum Gasteiger partial charge on any atom is 0.270 e. The van der Waals surface area contributed by atoms with Crippen LogP contribution in [0.25, 0.3) is 10.9 Å². The number of Topliss-reactive ketones (excluding diaryl/α,β-unsaturated/α-hetero) is 1. The Morgan fingerprint density at radius 1 is 1.23 bits per heavy atom. The van der Waals surface area contributed by atoms with Crippen LogP contribution in [0, 0.1) is 5.92 Å². The van der Waals surface area contributed by atoms with Gasteiger partial charge in [-0.15, -0.1) is 0 Å². The smallest absolute Gasteiger partial charge is 0.270 e. The van der Waals surface area contributed by atoms with E-state index in [0.29, 0.717) is 38.0 Å². The number of carbonyl (C=O) groups excluding carboxylic acids is 4. The number of H-pyrrole nitrogens is 1. The highest BCUT2D eigenvalue weighted by molar-refractivity contribution is 6.01. The molecule has 8 nitrogen and oxygen atoms in total. The molecule has 0 radical (unpaired) electrons. The van der Waals surface area contributed by atoms with Crippen LogP contribution in [0.3, 0.4) is 0 Å². The molecule has 0 saturated carbocycles. The van der Waals surface area contributed by atoms with Crippen molar-refractivity contribution in [3.05, 3.63) is 36.0 Å². The number of ketones is 1. The average molecular weight is 425 g/mol. The van der Waals surface area contributed by atoms with E-state index in [2.05, 4.69) is 15.6 Å². The van der Waals surface area contributed by atoms with Gasteiger partial charge in [-0.25, -0.2) is 0 Å². The molecule has 31 heavy (non-hydrogen) atoms. The summed E-state index contributed by atoms with van der Waals surface area (Å²) in [5.74, 6) is -0.984. The first-order valence-corrected chi connectivity index (χ1v) is 11.0. The van der Waals surface area contributed by atoms with E-state index in [9.17, 15) is 19.2 Å². The summed E-state index contributed by atoms with van der Waals surface area (Å²) >= 11 is 0. The third kappa shape index (κ3) is 4.33. The molecule has 3 amide bonds. The normalized spacial score (nSPS) is 21.8. The van der Waals surface area contributed by atoms with Gasteiger partial charge in [0, 0.05) is 36.3 Å². The molecule has 2 saturated heterocycles. The first kappa shape index (κ1) is 21.1. The molecule has 0 aliphatic carbocycles. The highest BCUT2D eigenvalue weighted by atomic mass is 16.2. The largest absolute Gasteiger partial charge is 0.356 e. The van der Waals surface area contributed by atoms with Crippen molar-refractivity contribution in [2.24, 2.45) is 5.92 Å². The highest BCUT2D eigenvalue weighted by Crippen LogP contribution is 2.23. The first-order valence-electron chi connectivity index (χ1n) is 11.0. The van der Waals surface area contributed by atoms with Gasteiger partial charge in [0.25, 0.3) is 5.91 Å². The number of amides is 3. The number of fused-ring (bicyclic) bond motifs is 1. The summed E-state index contributed by atoms with van der Waals surface area (Å²) in [7, 11) is 0. The summed E-state index contributed by atoms with van der Waals surface area (Å²) in [5.41, 5.74) is 1.32. The molecule has 2 aromatic rings. The summed E-state index contributed by atoms with van der Waals surface area (Å²) in [6, 6.07) is 8.10. The summed E-state index contributed by atoms with van der Waals surface area (Å²) in [5, 5.41) is 6.56. The second-order valence-corrected chi connectivity index (χ2v) is 8.32. The topological polar surface area (TPSA) is 111 Å². The molecule has 3 N–H and O–H groups in total. The lowest BCUT2D eigenvalue weighted by atomic mass is 9.94. The second kappa shape index (κ2) is 8.91. The van der Waals surface area contributed by atoms with E-state index in [4.69, 9.17) is 0 Å². The molecule has 1 aromatic heterocycles. The Kier molecular flexibility index (Phi) is 6.06. The molecule has 2 fully saturated rings. The minimum Gasteiger partial charge on any atom is -0.356 e. The molecule has 2 aliphatic heterocycles. The van der Waals surface area contributed by atoms with Crippen LogP contribution in [-0.4, -0.2) is 58.6 Å². The maximum atomic E-state index is 13.1. The standard InChI is InChI=1S/C23H28N4O4/c1-2-20(28)17(13-15-9-10-24-21(15)29)26-22(30)19-8-5-11-27(19)23(31)18-12-14-6-3-4-7-16(14)25-18/h3-4,6-7,12,15,17,19,25H,2,5,8-11,13H2,1H3,(H,24,29)(H,26,30). The predicted octanol–water partition coefficient (Wildman–Crippen LogP) is 1.76. The lowest BCUT2D eigenvalue weighted by Crippen LogP contribution is -2.51. The number of hydrogen-bond acceptors (Lipinski definition) is 4. The first-order chi connectivity index (χ1) is 15.0. The van der Waals surface area contributed by atoms with E-state index in [0.717, 1.165) is 17.3 Å². The molecule has 0 spiro atoms. The van der Waals surface area contributed by atoms with Crippen molar-refractivity contribution in [3.63, 3.8) is 0 Å². The van der Waals surface area contributed by atoms with Gasteiger partial charge in [0.2, 0.25) is 11.8 Å². The maximum absolute atomic E-state index is 13.1. The van der Waals surface area contributed by atoms with Gasteiger partial charge in [-0.05, 0) is 37.8 Å². The van der Waals surface area contributed by atoms with Crippen molar-refractivity contribution < 1.29 is 19.2 Å². The fourth-order valence-corrected chi connectivity index (χ4v) is 4.57. The number of nitrogens with one attached hydrogen (secondary N) is 3. The third-order valence-electron chi connectivity index (χ3n) is 6.31. The number of rotatable bonds is 7. The van der Waals surface area contributed by atoms with Crippen LogP contribution in [0.1, 0.15) is 49.5 Å². The number of para-hydroxylation sites is 1. The quantitative estimate of drug-likeness (QED) is 0.629. The lowest BCUT2D eigenvalue weighted by molar-refractivity contribution is -0.131. The molecule has 0 bridgehead atoms. The highest BCUT2D eigenvalue weighted by Gasteiger charge is 2.37. The van der Waals surface area contributed by atoms with Crippen LogP contribution >= 0.6 is 0 Å². The molecular weight excluding hydrogens is 396 g/mol. The number of aromatic nitrogens is 1. The number of carbonyl (C=O) groups is 4. The van der Waals surface area contributed by atoms with E-state index >= 15 is 0 Å². The van der Waals surface area contributed by atoms with Crippen LogP contribution in [0.5, 0.6) is 0 Å². The molecule has 3 unspecified atom stereocenters. The minimum atomic E-state index is -0.711. The van der Waals surface area contributed by atoms with Crippen LogP contribution in [0.15, 0.2) is 30.3 Å². The van der Waals surface area contributed by atoms with E-state index < -0.39 is 12.1 Å². The van der Waals surface area contributed by atoms with Crippen LogP contribution < -0.4 is 10.6 Å². The summed E-state index contributed by atoms with van der Waals surface area (Å²) in [4.78, 5) is 55.3. The third-order valence-corrected chi connectivity index (χ3v) is 6.31. The lowest BCUT2D eigenvalue weighted by Gasteiger charge is -2.26. The Hall–Kier alpha value is -3.16. The van der Waals surface area contributed by atoms with Gasteiger partial charge in [-0.2, -0.15) is 0 Å². The summed E-state index contributed by atoms with van der Waals surface area (Å²) < 4.78 is 0. The molecule has 8 heteroatoms. The van der Waals surface area contributed by atoms with Gasteiger partial charge in [0.15, 0.2) is 5.78 Å². The minimum absolute atomic E-state index is 0.0698. The summed E-state index contributed by atoms with van der Waals surface area (Å²) in [6.45, 7) is 2.83. The predicted molar refractivity (Wildman–Crippen MR) is 115 cm³/mol. The van der Waals surface area contributed by atoms with Crippen LogP contribution in [-0.2, 0) is 14.4 Å². The second-order valence-electron chi connectivity index (χ2n) is 8.32. The fourth-order valence-electron chi connectivity index (χ4n) is 4.57. The SMILES string of the molecule is CCC(=O)C(CC1CCNC1=O)NC(=O)C1CCCN1C(=O)c1cc2ccccc2[nH]1. The molecule has 3 heterocycles. The zero-order valence-corrected chi connectivity index (χ0v) is 17.6. The molecule has 164 valence electrons. The van der Waals surface area contributed by atoms with Crippen LogP contribution in [0.2, 0.25) is 0 Å². The molecule has 1 aromatic carbocycles. The number of nitrogens with zero attached hydrogens (tertiary/aromatic N) is 1. The van der Waals surface area contributed by atoms with Crippen molar-refractivity contribution in [3.8, 4) is 0 Å². The molecule has 2 aliphatic rings. The van der Waals surface area contributed by atoms with Gasteiger partial charge in [-0.3, -0.25) is 19.2 Å². The molecule has 3 atom stereocenters. The summed E-state index contributed by atoms with van der Waals surface area (Å²) in [6.07, 6.45) is 2.52. The number of hydrogen-bond donors (Lipinski definition) is 3. The van der Waals surface area contributed by atoms with Gasteiger partial charge < -0.3 is 20.5 Å².